The van der Waals surface area contributed by atoms with Crippen molar-refractivity contribution in [3.05, 3.63) is 24.0 Å². The number of carbonyl (C=O) groups is 1. The molecular formula is C9H11NO5. The maximum absolute atomic E-state index is 10.4. The van der Waals surface area contributed by atoms with Gasteiger partial charge in [0.2, 0.25) is 0 Å². The molecule has 0 spiro atoms. The fourth-order valence-corrected chi connectivity index (χ4v) is 0.837. The maximum Gasteiger partial charge on any atom is 0.354 e. The minimum absolute atomic E-state index is 0.0649. The third kappa shape index (κ3) is 3.53. The SMILES string of the molecule is O=C(O)c1ccc(OC[C@H](O)CO)cn1. The van der Waals surface area contributed by atoms with Crippen LogP contribution < -0.4 is 4.74 Å². The molecule has 1 aromatic rings. The quantitative estimate of drug-likeness (QED) is 0.610. The van der Waals surface area contributed by atoms with Crippen LogP contribution in [0, 0.1) is 0 Å². The van der Waals surface area contributed by atoms with Crippen molar-refractivity contribution in [1.29, 1.82) is 0 Å². The zero-order valence-corrected chi connectivity index (χ0v) is 7.83. The lowest BCUT2D eigenvalue weighted by molar-refractivity contribution is 0.0534. The molecule has 0 aromatic carbocycles. The molecule has 0 saturated heterocycles. The number of ether oxygens (including phenoxy) is 1. The number of aliphatic hydroxyl groups is 2. The van der Waals surface area contributed by atoms with E-state index in [0.29, 0.717) is 5.75 Å². The highest BCUT2D eigenvalue weighted by Crippen LogP contribution is 2.09. The summed E-state index contributed by atoms with van der Waals surface area (Å²) >= 11 is 0. The van der Waals surface area contributed by atoms with E-state index >= 15 is 0 Å². The van der Waals surface area contributed by atoms with Crippen LogP contribution in [-0.2, 0) is 0 Å². The largest absolute Gasteiger partial charge is 0.489 e. The van der Waals surface area contributed by atoms with Gasteiger partial charge in [-0.05, 0) is 12.1 Å². The van der Waals surface area contributed by atoms with Crippen LogP contribution in [0.4, 0.5) is 0 Å². The fourth-order valence-electron chi connectivity index (χ4n) is 0.837. The summed E-state index contributed by atoms with van der Waals surface area (Å²) in [6, 6.07) is 2.73. The van der Waals surface area contributed by atoms with E-state index in [9.17, 15) is 4.79 Å². The molecule has 0 saturated carbocycles. The van der Waals surface area contributed by atoms with E-state index in [0.717, 1.165) is 0 Å². The fraction of sp³-hybridized carbons (Fsp3) is 0.333. The molecular weight excluding hydrogens is 202 g/mol. The van der Waals surface area contributed by atoms with Gasteiger partial charge in [-0.3, -0.25) is 0 Å². The number of rotatable bonds is 5. The zero-order valence-electron chi connectivity index (χ0n) is 7.83. The van der Waals surface area contributed by atoms with Crippen LogP contribution in [0.1, 0.15) is 10.5 Å². The average Bonchev–Trinajstić information content (AvgIpc) is 2.26. The molecule has 6 nitrogen and oxygen atoms in total. The summed E-state index contributed by atoms with van der Waals surface area (Å²) in [6.07, 6.45) is 0.289. The number of pyridine rings is 1. The summed E-state index contributed by atoms with van der Waals surface area (Å²) in [7, 11) is 0. The third-order valence-corrected chi connectivity index (χ3v) is 1.61. The normalized spacial score (nSPS) is 12.1. The Kier molecular flexibility index (Phi) is 4.02. The van der Waals surface area contributed by atoms with Gasteiger partial charge in [0.1, 0.15) is 24.2 Å². The topological polar surface area (TPSA) is 99.9 Å². The monoisotopic (exact) mass is 213 g/mol. The first kappa shape index (κ1) is 11.4. The van der Waals surface area contributed by atoms with Crippen molar-refractivity contribution in [3.8, 4) is 5.75 Å². The standard InChI is InChI=1S/C9H11NO5/c11-4-6(12)5-15-7-1-2-8(9(13)14)10-3-7/h1-3,6,11-12H,4-5H2,(H,13,14)/t6-/m1/s1. The molecule has 6 heteroatoms. The molecule has 3 N–H and O–H groups in total. The molecule has 0 amide bonds. The van der Waals surface area contributed by atoms with E-state index in [-0.39, 0.29) is 18.9 Å². The van der Waals surface area contributed by atoms with Gasteiger partial charge in [-0.1, -0.05) is 0 Å². The van der Waals surface area contributed by atoms with Gasteiger partial charge < -0.3 is 20.1 Å². The smallest absolute Gasteiger partial charge is 0.354 e. The lowest BCUT2D eigenvalue weighted by Gasteiger charge is -2.09. The van der Waals surface area contributed by atoms with Gasteiger partial charge in [0.25, 0.3) is 0 Å². The van der Waals surface area contributed by atoms with E-state index in [4.69, 9.17) is 20.1 Å². The van der Waals surface area contributed by atoms with Crippen molar-refractivity contribution < 1.29 is 24.9 Å². The maximum atomic E-state index is 10.4. The molecule has 1 aromatic heterocycles. The molecule has 0 fully saturated rings. The molecule has 0 unspecified atom stereocenters. The first-order chi connectivity index (χ1) is 7.13. The molecule has 15 heavy (non-hydrogen) atoms. The van der Waals surface area contributed by atoms with E-state index in [1.54, 1.807) is 0 Å². The summed E-state index contributed by atoms with van der Waals surface area (Å²) in [5.41, 5.74) is -0.0787. The highest BCUT2D eigenvalue weighted by molar-refractivity contribution is 5.85. The Morgan fingerprint density at radius 3 is 2.73 bits per heavy atom. The Labute approximate surface area is 85.8 Å². The van der Waals surface area contributed by atoms with Crippen LogP contribution in [-0.4, -0.2) is 45.6 Å². The van der Waals surface area contributed by atoms with Crippen molar-refractivity contribution in [3.63, 3.8) is 0 Å². The first-order valence-electron chi connectivity index (χ1n) is 4.24. The van der Waals surface area contributed by atoms with Gasteiger partial charge in [0.15, 0.2) is 0 Å². The van der Waals surface area contributed by atoms with Crippen LogP contribution in [0.2, 0.25) is 0 Å². The second kappa shape index (κ2) is 5.28. The van der Waals surface area contributed by atoms with Crippen LogP contribution >= 0.6 is 0 Å². The molecule has 82 valence electrons. The lowest BCUT2D eigenvalue weighted by atomic mass is 10.3. The van der Waals surface area contributed by atoms with E-state index in [1.807, 2.05) is 0 Å². The highest BCUT2D eigenvalue weighted by atomic mass is 16.5. The number of carboxylic acid groups (broad SMARTS) is 1. The molecule has 0 aliphatic heterocycles. The number of carboxylic acids is 1. The number of aromatic nitrogens is 1. The predicted octanol–water partition coefficient (Wildman–Crippen LogP) is -0.488. The second-order valence-electron chi connectivity index (χ2n) is 2.83. The Balaban J connectivity index is 2.53. The van der Waals surface area contributed by atoms with Gasteiger partial charge >= 0.3 is 5.97 Å². The number of aromatic carboxylic acids is 1. The van der Waals surface area contributed by atoms with Crippen molar-refractivity contribution in [1.82, 2.24) is 4.98 Å². The Hall–Kier alpha value is -1.66. The summed E-state index contributed by atoms with van der Waals surface area (Å²) in [4.78, 5) is 14.1. The van der Waals surface area contributed by atoms with Crippen molar-refractivity contribution in [2.45, 2.75) is 6.10 Å². The van der Waals surface area contributed by atoms with E-state index in [2.05, 4.69) is 4.98 Å². The van der Waals surface area contributed by atoms with Gasteiger partial charge in [0.05, 0.1) is 12.8 Å². The van der Waals surface area contributed by atoms with Gasteiger partial charge in [-0.2, -0.15) is 0 Å². The molecule has 0 aliphatic carbocycles. The zero-order chi connectivity index (χ0) is 11.3. The third-order valence-electron chi connectivity index (χ3n) is 1.61. The van der Waals surface area contributed by atoms with E-state index in [1.165, 1.54) is 18.3 Å². The number of nitrogens with zero attached hydrogens (tertiary/aromatic N) is 1. The van der Waals surface area contributed by atoms with Crippen LogP contribution in [0.25, 0.3) is 0 Å². The molecule has 1 heterocycles. The molecule has 0 radical (unpaired) electrons. The van der Waals surface area contributed by atoms with Crippen molar-refractivity contribution in [2.75, 3.05) is 13.2 Å². The molecule has 0 bridgehead atoms. The average molecular weight is 213 g/mol. The number of aliphatic hydroxyl groups excluding tert-OH is 2. The second-order valence-corrected chi connectivity index (χ2v) is 2.83. The highest BCUT2D eigenvalue weighted by Gasteiger charge is 2.06. The van der Waals surface area contributed by atoms with Crippen LogP contribution in [0.3, 0.4) is 0 Å². The first-order valence-corrected chi connectivity index (χ1v) is 4.24. The van der Waals surface area contributed by atoms with Crippen LogP contribution in [0.5, 0.6) is 5.75 Å². The lowest BCUT2D eigenvalue weighted by Crippen LogP contribution is -2.21. The Morgan fingerprint density at radius 2 is 2.27 bits per heavy atom. The van der Waals surface area contributed by atoms with Crippen molar-refractivity contribution in [2.24, 2.45) is 0 Å². The minimum atomic E-state index is -1.11. The minimum Gasteiger partial charge on any atom is -0.489 e. The number of hydrogen-bond donors (Lipinski definition) is 3. The Bertz CT molecular complexity index is 324. The van der Waals surface area contributed by atoms with Gasteiger partial charge in [-0.15, -0.1) is 0 Å². The van der Waals surface area contributed by atoms with Crippen molar-refractivity contribution >= 4 is 5.97 Å². The molecule has 1 atom stereocenters. The summed E-state index contributed by atoms with van der Waals surface area (Å²) in [5.74, 6) is -0.774. The van der Waals surface area contributed by atoms with E-state index < -0.39 is 12.1 Å². The molecule has 1 rings (SSSR count). The summed E-state index contributed by atoms with van der Waals surface area (Å²) < 4.78 is 5.03. The molecule has 0 aliphatic rings. The van der Waals surface area contributed by atoms with Gasteiger partial charge in [0, 0.05) is 0 Å². The summed E-state index contributed by atoms with van der Waals surface area (Å²) in [5, 5.41) is 26.0. The Morgan fingerprint density at radius 1 is 1.53 bits per heavy atom. The predicted molar refractivity (Wildman–Crippen MR) is 49.8 cm³/mol. The number of hydrogen-bond acceptors (Lipinski definition) is 5. The van der Waals surface area contributed by atoms with Gasteiger partial charge in [-0.25, -0.2) is 9.78 Å². The van der Waals surface area contributed by atoms with Crippen LogP contribution in [0.15, 0.2) is 18.3 Å². The summed E-state index contributed by atoms with van der Waals surface area (Å²) in [6.45, 7) is -0.453.